The SMILES string of the molecule is CC(C)c1cccc([C@H](C)C2CC2)c1OC(=O)COC(=O)CN. The number of nitrogens with two attached hydrogens (primary N) is 1. The van der Waals surface area contributed by atoms with Crippen molar-refractivity contribution in [2.45, 2.75) is 45.4 Å². The molecule has 5 nitrogen and oxygen atoms in total. The van der Waals surface area contributed by atoms with Crippen molar-refractivity contribution in [2.75, 3.05) is 13.2 Å². The smallest absolute Gasteiger partial charge is 0.349 e. The second-order valence-corrected chi connectivity index (χ2v) is 6.39. The zero-order valence-electron chi connectivity index (χ0n) is 14.0. The summed E-state index contributed by atoms with van der Waals surface area (Å²) < 4.78 is 10.3. The van der Waals surface area contributed by atoms with Gasteiger partial charge in [-0.05, 0) is 41.7 Å². The van der Waals surface area contributed by atoms with Crippen molar-refractivity contribution >= 4 is 11.9 Å². The molecule has 5 heteroatoms. The van der Waals surface area contributed by atoms with Gasteiger partial charge in [-0.2, -0.15) is 0 Å². The molecule has 2 rings (SSSR count). The number of para-hydroxylation sites is 1. The molecule has 0 heterocycles. The fourth-order valence-electron chi connectivity index (χ4n) is 2.70. The highest BCUT2D eigenvalue weighted by molar-refractivity contribution is 5.79. The van der Waals surface area contributed by atoms with Crippen LogP contribution < -0.4 is 10.5 Å². The Morgan fingerprint density at radius 2 is 1.83 bits per heavy atom. The van der Waals surface area contributed by atoms with Crippen LogP contribution in [0.1, 0.15) is 56.6 Å². The van der Waals surface area contributed by atoms with Crippen LogP contribution in [0.3, 0.4) is 0 Å². The van der Waals surface area contributed by atoms with Crippen LogP contribution in [0.5, 0.6) is 5.75 Å². The molecule has 1 aromatic rings. The maximum Gasteiger partial charge on any atom is 0.349 e. The molecule has 23 heavy (non-hydrogen) atoms. The molecule has 0 aromatic heterocycles. The molecule has 0 amide bonds. The average Bonchev–Trinajstić information content (AvgIpc) is 3.36. The van der Waals surface area contributed by atoms with E-state index in [9.17, 15) is 9.59 Å². The third-order valence-corrected chi connectivity index (χ3v) is 4.25. The van der Waals surface area contributed by atoms with Crippen LogP contribution in [0.25, 0.3) is 0 Å². The van der Waals surface area contributed by atoms with Crippen molar-refractivity contribution in [3.8, 4) is 5.75 Å². The largest absolute Gasteiger partial charge is 0.453 e. The summed E-state index contributed by atoms with van der Waals surface area (Å²) in [5, 5.41) is 0. The first-order valence-corrected chi connectivity index (χ1v) is 8.13. The van der Waals surface area contributed by atoms with E-state index in [0.717, 1.165) is 11.1 Å². The number of hydrogen-bond donors (Lipinski definition) is 1. The molecule has 1 aliphatic carbocycles. The van der Waals surface area contributed by atoms with Gasteiger partial charge in [0.2, 0.25) is 0 Å². The van der Waals surface area contributed by atoms with Crippen molar-refractivity contribution in [1.29, 1.82) is 0 Å². The molecule has 126 valence electrons. The molecule has 1 aromatic carbocycles. The van der Waals surface area contributed by atoms with Gasteiger partial charge in [0.15, 0.2) is 6.61 Å². The summed E-state index contributed by atoms with van der Waals surface area (Å²) in [6.45, 7) is 5.63. The molecule has 0 bridgehead atoms. The standard InChI is InChI=1S/C18H25NO4/c1-11(2)14-5-4-6-15(12(3)13-7-8-13)18(14)23-17(21)10-22-16(20)9-19/h4-6,11-13H,7-10,19H2,1-3H3/t12-/m1/s1. The molecule has 2 N–H and O–H groups in total. The Kier molecular flexibility index (Phi) is 5.77. The summed E-state index contributed by atoms with van der Waals surface area (Å²) in [6.07, 6.45) is 2.43. The van der Waals surface area contributed by atoms with E-state index < -0.39 is 18.5 Å². The lowest BCUT2D eigenvalue weighted by atomic mass is 9.90. The first kappa shape index (κ1) is 17.5. The van der Waals surface area contributed by atoms with E-state index in [1.807, 2.05) is 18.2 Å². The van der Waals surface area contributed by atoms with Crippen LogP contribution in [0.15, 0.2) is 18.2 Å². The Morgan fingerprint density at radius 1 is 1.17 bits per heavy atom. The predicted octanol–water partition coefficient (Wildman–Crippen LogP) is 2.73. The molecule has 1 aliphatic rings. The zero-order valence-corrected chi connectivity index (χ0v) is 14.0. The predicted molar refractivity (Wildman–Crippen MR) is 87.3 cm³/mol. The third-order valence-electron chi connectivity index (χ3n) is 4.25. The van der Waals surface area contributed by atoms with E-state index in [2.05, 4.69) is 20.8 Å². The summed E-state index contributed by atoms with van der Waals surface area (Å²) in [5.41, 5.74) is 7.20. The molecular weight excluding hydrogens is 294 g/mol. The maximum atomic E-state index is 12.0. The van der Waals surface area contributed by atoms with Crippen molar-refractivity contribution < 1.29 is 19.1 Å². The molecule has 1 saturated carbocycles. The molecule has 0 aliphatic heterocycles. The molecular formula is C18H25NO4. The monoisotopic (exact) mass is 319 g/mol. The number of esters is 2. The fraction of sp³-hybridized carbons (Fsp3) is 0.556. The molecule has 0 saturated heterocycles. The van der Waals surface area contributed by atoms with Gasteiger partial charge < -0.3 is 15.2 Å². The van der Waals surface area contributed by atoms with Crippen LogP contribution in [0.2, 0.25) is 0 Å². The van der Waals surface area contributed by atoms with Crippen molar-refractivity contribution in [1.82, 2.24) is 0 Å². The average molecular weight is 319 g/mol. The molecule has 0 unspecified atom stereocenters. The lowest BCUT2D eigenvalue weighted by molar-refractivity contribution is -0.152. The topological polar surface area (TPSA) is 78.6 Å². The van der Waals surface area contributed by atoms with E-state index >= 15 is 0 Å². The Labute approximate surface area is 137 Å². The molecule has 0 spiro atoms. The van der Waals surface area contributed by atoms with Crippen LogP contribution in [-0.2, 0) is 14.3 Å². The van der Waals surface area contributed by atoms with Gasteiger partial charge in [0.05, 0.1) is 6.54 Å². The molecule has 0 radical (unpaired) electrons. The minimum Gasteiger partial charge on any atom is -0.453 e. The first-order valence-electron chi connectivity index (χ1n) is 8.13. The second-order valence-electron chi connectivity index (χ2n) is 6.39. The van der Waals surface area contributed by atoms with Crippen molar-refractivity contribution in [2.24, 2.45) is 11.7 Å². The van der Waals surface area contributed by atoms with Crippen molar-refractivity contribution in [3.63, 3.8) is 0 Å². The third kappa shape index (κ3) is 4.55. The first-order chi connectivity index (χ1) is 10.9. The number of rotatable bonds is 7. The second kappa shape index (κ2) is 7.59. The van der Waals surface area contributed by atoms with E-state index in [-0.39, 0.29) is 12.5 Å². The van der Waals surface area contributed by atoms with E-state index in [1.54, 1.807) is 0 Å². The minimum absolute atomic E-state index is 0.232. The Bertz CT molecular complexity index is 578. The summed E-state index contributed by atoms with van der Waals surface area (Å²) in [6, 6.07) is 6.00. The quantitative estimate of drug-likeness (QED) is 0.617. The van der Waals surface area contributed by atoms with Gasteiger partial charge in [0.25, 0.3) is 0 Å². The van der Waals surface area contributed by atoms with Gasteiger partial charge >= 0.3 is 11.9 Å². The van der Waals surface area contributed by atoms with E-state index in [4.69, 9.17) is 15.2 Å². The highest BCUT2D eigenvalue weighted by Crippen LogP contribution is 2.46. The lowest BCUT2D eigenvalue weighted by Crippen LogP contribution is -2.24. The van der Waals surface area contributed by atoms with Gasteiger partial charge in [-0.3, -0.25) is 4.79 Å². The minimum atomic E-state index is -0.620. The number of ether oxygens (including phenoxy) is 2. The number of carbonyl (C=O) groups is 2. The van der Waals surface area contributed by atoms with Crippen LogP contribution in [0, 0.1) is 5.92 Å². The normalized spacial score (nSPS) is 15.3. The highest BCUT2D eigenvalue weighted by Gasteiger charge is 2.32. The Hall–Kier alpha value is -1.88. The fourth-order valence-corrected chi connectivity index (χ4v) is 2.70. The van der Waals surface area contributed by atoms with Crippen molar-refractivity contribution in [3.05, 3.63) is 29.3 Å². The molecule has 1 atom stereocenters. The summed E-state index contributed by atoms with van der Waals surface area (Å²) >= 11 is 0. The summed E-state index contributed by atoms with van der Waals surface area (Å²) in [5.74, 6) is 0.661. The number of benzene rings is 1. The zero-order chi connectivity index (χ0) is 17.0. The van der Waals surface area contributed by atoms with Crippen LogP contribution in [0.4, 0.5) is 0 Å². The number of hydrogen-bond acceptors (Lipinski definition) is 5. The summed E-state index contributed by atoms with van der Waals surface area (Å²) in [4.78, 5) is 23.1. The number of carbonyl (C=O) groups excluding carboxylic acids is 2. The summed E-state index contributed by atoms with van der Waals surface area (Å²) in [7, 11) is 0. The highest BCUT2D eigenvalue weighted by atomic mass is 16.6. The Morgan fingerprint density at radius 3 is 2.39 bits per heavy atom. The van der Waals surface area contributed by atoms with E-state index in [1.165, 1.54) is 12.8 Å². The van der Waals surface area contributed by atoms with Crippen LogP contribution >= 0.6 is 0 Å². The van der Waals surface area contributed by atoms with Gasteiger partial charge in [0.1, 0.15) is 5.75 Å². The lowest BCUT2D eigenvalue weighted by Gasteiger charge is -2.20. The Balaban J connectivity index is 2.20. The molecule has 1 fully saturated rings. The van der Waals surface area contributed by atoms with Gasteiger partial charge in [-0.1, -0.05) is 39.0 Å². The van der Waals surface area contributed by atoms with Gasteiger partial charge in [-0.25, -0.2) is 4.79 Å². The van der Waals surface area contributed by atoms with Gasteiger partial charge in [0, 0.05) is 0 Å². The van der Waals surface area contributed by atoms with E-state index in [0.29, 0.717) is 17.6 Å². The van der Waals surface area contributed by atoms with Gasteiger partial charge in [-0.15, -0.1) is 0 Å². The maximum absolute atomic E-state index is 12.0. The van der Waals surface area contributed by atoms with Crippen LogP contribution in [-0.4, -0.2) is 25.1 Å².